The van der Waals surface area contributed by atoms with Crippen molar-refractivity contribution in [2.75, 3.05) is 19.6 Å². The van der Waals surface area contributed by atoms with E-state index in [9.17, 15) is 18.4 Å². The van der Waals surface area contributed by atoms with E-state index in [2.05, 4.69) is 15.5 Å². The Morgan fingerprint density at radius 1 is 1.22 bits per heavy atom. The summed E-state index contributed by atoms with van der Waals surface area (Å²) in [4.78, 5) is 27.2. The highest BCUT2D eigenvalue weighted by Crippen LogP contribution is 2.30. The fourth-order valence-electron chi connectivity index (χ4n) is 3.35. The van der Waals surface area contributed by atoms with Gasteiger partial charge in [-0.25, -0.2) is 8.78 Å². The predicted octanol–water partition coefficient (Wildman–Crippen LogP) is 3.87. The Hall–Kier alpha value is -2.98. The number of likely N-dealkylation sites (tertiary alicyclic amines) is 1. The van der Waals surface area contributed by atoms with Crippen LogP contribution in [-0.4, -0.2) is 52.6 Å². The van der Waals surface area contributed by atoms with Crippen molar-refractivity contribution >= 4 is 34.8 Å². The minimum atomic E-state index is -0.628. The second-order valence-corrected chi connectivity index (χ2v) is 8.94. The molecule has 0 bridgehead atoms. The van der Waals surface area contributed by atoms with E-state index in [1.807, 2.05) is 6.07 Å². The average molecular weight is 481 g/mol. The summed E-state index contributed by atoms with van der Waals surface area (Å²) in [6, 6.07) is 8.22. The number of carbonyl (C=O) groups excluding carboxylic acids is 2. The molecule has 32 heavy (non-hydrogen) atoms. The molecule has 0 aliphatic carbocycles. The lowest BCUT2D eigenvalue weighted by molar-refractivity contribution is -0.131. The first kappa shape index (κ1) is 22.2. The molecule has 2 amide bonds. The first-order valence-electron chi connectivity index (χ1n) is 9.88. The Labute approximate surface area is 191 Å². The quantitative estimate of drug-likeness (QED) is 0.560. The summed E-state index contributed by atoms with van der Waals surface area (Å²) in [5.41, 5.74) is 0.830. The third-order valence-electron chi connectivity index (χ3n) is 5.03. The number of thiophene rings is 1. The van der Waals surface area contributed by atoms with Crippen LogP contribution in [0.4, 0.5) is 8.78 Å². The summed E-state index contributed by atoms with van der Waals surface area (Å²) in [5.74, 6) is -2.05. The van der Waals surface area contributed by atoms with Crippen LogP contribution in [0.5, 0.6) is 5.75 Å². The number of hydrogen-bond donors (Lipinski definition) is 2. The number of aromatic nitrogens is 2. The first-order chi connectivity index (χ1) is 15.4. The van der Waals surface area contributed by atoms with Gasteiger partial charge in [-0.3, -0.25) is 14.7 Å². The third kappa shape index (κ3) is 5.25. The van der Waals surface area contributed by atoms with Gasteiger partial charge in [0.25, 0.3) is 5.91 Å². The van der Waals surface area contributed by atoms with Crippen LogP contribution in [-0.2, 0) is 4.79 Å². The van der Waals surface area contributed by atoms with Gasteiger partial charge in [-0.2, -0.15) is 5.10 Å². The standard InChI is InChI=1S/C21H19ClF2N4O3S/c22-19-4-3-18(32-19)15-10-16(27-26-15)21(30)25-11-20(29)28-7-5-13(6-8-28)31-17-9-12(23)1-2-14(17)24/h1-4,9-10,13H,5-8,11H2,(H,25,30)(H,26,27). The largest absolute Gasteiger partial charge is 0.487 e. The zero-order valence-electron chi connectivity index (χ0n) is 16.7. The second-order valence-electron chi connectivity index (χ2n) is 7.23. The van der Waals surface area contributed by atoms with Gasteiger partial charge in [-0.15, -0.1) is 11.3 Å². The van der Waals surface area contributed by atoms with Crippen LogP contribution in [0.1, 0.15) is 23.3 Å². The van der Waals surface area contributed by atoms with Gasteiger partial charge in [0.05, 0.1) is 21.5 Å². The van der Waals surface area contributed by atoms with Crippen molar-refractivity contribution in [3.05, 3.63) is 58.1 Å². The van der Waals surface area contributed by atoms with Crippen molar-refractivity contribution in [1.29, 1.82) is 0 Å². The van der Waals surface area contributed by atoms with Crippen molar-refractivity contribution in [3.63, 3.8) is 0 Å². The molecule has 2 N–H and O–H groups in total. The Morgan fingerprint density at radius 2 is 2.00 bits per heavy atom. The molecule has 1 aliphatic heterocycles. The average Bonchev–Trinajstić information content (AvgIpc) is 3.44. The number of nitrogens with one attached hydrogen (secondary N) is 2. The molecule has 0 atom stereocenters. The van der Waals surface area contributed by atoms with Crippen molar-refractivity contribution in [3.8, 4) is 16.3 Å². The lowest BCUT2D eigenvalue weighted by Crippen LogP contribution is -2.46. The first-order valence-corrected chi connectivity index (χ1v) is 11.1. The third-order valence-corrected chi connectivity index (χ3v) is 6.30. The molecule has 1 aliphatic rings. The molecule has 0 unspecified atom stereocenters. The van der Waals surface area contributed by atoms with Crippen molar-refractivity contribution in [1.82, 2.24) is 20.4 Å². The molecule has 11 heteroatoms. The molecule has 0 saturated carbocycles. The van der Waals surface area contributed by atoms with Crippen LogP contribution >= 0.6 is 22.9 Å². The number of benzene rings is 1. The van der Waals surface area contributed by atoms with Gasteiger partial charge in [0, 0.05) is 32.0 Å². The number of piperidine rings is 1. The van der Waals surface area contributed by atoms with Gasteiger partial charge >= 0.3 is 0 Å². The van der Waals surface area contributed by atoms with Gasteiger partial charge in [-0.1, -0.05) is 11.6 Å². The number of amides is 2. The number of carbonyl (C=O) groups is 2. The summed E-state index contributed by atoms with van der Waals surface area (Å²) in [6.07, 6.45) is 0.627. The predicted molar refractivity (Wildman–Crippen MR) is 116 cm³/mol. The molecule has 1 saturated heterocycles. The molecule has 2 aromatic heterocycles. The summed E-state index contributed by atoms with van der Waals surface area (Å²) >= 11 is 7.28. The Bertz CT molecular complexity index is 1130. The lowest BCUT2D eigenvalue weighted by Gasteiger charge is -2.32. The lowest BCUT2D eigenvalue weighted by atomic mass is 10.1. The van der Waals surface area contributed by atoms with Crippen molar-refractivity contribution in [2.24, 2.45) is 0 Å². The zero-order chi connectivity index (χ0) is 22.7. The molecule has 168 valence electrons. The Morgan fingerprint density at radius 3 is 2.72 bits per heavy atom. The molecule has 0 spiro atoms. The molecule has 7 nitrogen and oxygen atoms in total. The summed E-state index contributed by atoms with van der Waals surface area (Å²) in [5, 5.41) is 9.34. The van der Waals surface area contributed by atoms with Crippen LogP contribution in [0.15, 0.2) is 36.4 Å². The highest BCUT2D eigenvalue weighted by molar-refractivity contribution is 7.19. The SMILES string of the molecule is O=C(NCC(=O)N1CCC(Oc2cc(F)ccc2F)CC1)c1cc(-c2ccc(Cl)s2)[nH]n1. The number of H-pyrrole nitrogens is 1. The zero-order valence-corrected chi connectivity index (χ0v) is 18.3. The highest BCUT2D eigenvalue weighted by atomic mass is 35.5. The van der Waals surface area contributed by atoms with Gasteiger partial charge < -0.3 is 15.0 Å². The van der Waals surface area contributed by atoms with Crippen LogP contribution in [0.3, 0.4) is 0 Å². The molecular weight excluding hydrogens is 462 g/mol. The minimum Gasteiger partial charge on any atom is -0.487 e. The molecular formula is C21H19ClF2N4O3S. The van der Waals surface area contributed by atoms with Crippen LogP contribution < -0.4 is 10.1 Å². The number of hydrogen-bond acceptors (Lipinski definition) is 5. The number of nitrogens with zero attached hydrogens (tertiary/aromatic N) is 2. The maximum Gasteiger partial charge on any atom is 0.272 e. The van der Waals surface area contributed by atoms with Gasteiger partial charge in [0.2, 0.25) is 5.91 Å². The highest BCUT2D eigenvalue weighted by Gasteiger charge is 2.25. The maximum atomic E-state index is 13.7. The van der Waals surface area contributed by atoms with Crippen molar-refractivity contribution < 1.29 is 23.1 Å². The fraction of sp³-hybridized carbons (Fsp3) is 0.286. The van der Waals surface area contributed by atoms with Gasteiger partial charge in [0.1, 0.15) is 11.9 Å². The van der Waals surface area contributed by atoms with Crippen LogP contribution in [0, 0.1) is 11.6 Å². The maximum absolute atomic E-state index is 13.7. The van der Waals surface area contributed by atoms with Crippen molar-refractivity contribution in [2.45, 2.75) is 18.9 Å². The van der Waals surface area contributed by atoms with E-state index >= 15 is 0 Å². The number of halogens is 3. The number of rotatable bonds is 6. The van der Waals surface area contributed by atoms with Crippen LogP contribution in [0.25, 0.3) is 10.6 Å². The van der Waals surface area contributed by atoms with Gasteiger partial charge in [-0.05, 0) is 30.3 Å². The molecule has 1 fully saturated rings. The smallest absolute Gasteiger partial charge is 0.272 e. The van der Waals surface area contributed by atoms with E-state index < -0.39 is 17.5 Å². The molecule has 4 rings (SSSR count). The molecule has 3 aromatic rings. The van der Waals surface area contributed by atoms with Gasteiger partial charge in [0.15, 0.2) is 17.3 Å². The van der Waals surface area contributed by atoms with E-state index in [0.29, 0.717) is 36.0 Å². The summed E-state index contributed by atoms with van der Waals surface area (Å²) < 4.78 is 33.2. The monoisotopic (exact) mass is 480 g/mol. The Kier molecular flexibility index (Phi) is 6.71. The topological polar surface area (TPSA) is 87.3 Å². The van der Waals surface area contributed by atoms with E-state index in [1.165, 1.54) is 11.3 Å². The fourth-order valence-corrected chi connectivity index (χ4v) is 4.36. The second kappa shape index (κ2) is 9.66. The summed E-state index contributed by atoms with van der Waals surface area (Å²) in [6.45, 7) is 0.611. The normalized spacial score (nSPS) is 14.4. The molecule has 1 aromatic carbocycles. The number of ether oxygens (including phenoxy) is 1. The molecule has 0 radical (unpaired) electrons. The van der Waals surface area contributed by atoms with E-state index in [1.54, 1.807) is 17.0 Å². The van der Waals surface area contributed by atoms with Crippen LogP contribution in [0.2, 0.25) is 4.34 Å². The van der Waals surface area contributed by atoms with E-state index in [-0.39, 0.29) is 30.0 Å². The minimum absolute atomic E-state index is 0.134. The summed E-state index contributed by atoms with van der Waals surface area (Å²) in [7, 11) is 0. The Balaban J connectivity index is 1.24. The molecule has 3 heterocycles. The van der Waals surface area contributed by atoms with E-state index in [4.69, 9.17) is 16.3 Å². The van der Waals surface area contributed by atoms with E-state index in [0.717, 1.165) is 23.1 Å². The number of aromatic amines is 1.